The quantitative estimate of drug-likeness (QED) is 0.748. The van der Waals surface area contributed by atoms with Gasteiger partial charge in [0.1, 0.15) is 0 Å². The van der Waals surface area contributed by atoms with Gasteiger partial charge in [0.15, 0.2) is 11.5 Å². The Bertz CT molecular complexity index is 551. The Morgan fingerprint density at radius 1 is 1.36 bits per heavy atom. The van der Waals surface area contributed by atoms with Crippen molar-refractivity contribution in [2.45, 2.75) is 26.2 Å². The van der Waals surface area contributed by atoms with Crippen molar-refractivity contribution >= 4 is 23.6 Å². The molecule has 1 aromatic carbocycles. The number of rotatable bonds is 6. The molecule has 2 rings (SSSR count). The molecule has 1 aromatic rings. The molecule has 0 atom stereocenters. The molecule has 1 amide bonds. The number of hydrogen-bond donors (Lipinski definition) is 0. The van der Waals surface area contributed by atoms with Gasteiger partial charge in [-0.3, -0.25) is 4.79 Å². The molecule has 0 saturated carbocycles. The van der Waals surface area contributed by atoms with Gasteiger partial charge in [0.2, 0.25) is 5.91 Å². The summed E-state index contributed by atoms with van der Waals surface area (Å²) in [5.74, 6) is 1.17. The summed E-state index contributed by atoms with van der Waals surface area (Å²) in [4.78, 5) is 13.9. The van der Waals surface area contributed by atoms with Gasteiger partial charge in [-0.2, -0.15) is 0 Å². The van der Waals surface area contributed by atoms with Crippen molar-refractivity contribution in [1.29, 1.82) is 0 Å². The summed E-state index contributed by atoms with van der Waals surface area (Å²) >= 11 is 6.26. The maximum Gasteiger partial charge on any atom is 0.246 e. The van der Waals surface area contributed by atoms with Crippen LogP contribution in [0, 0.1) is 0 Å². The molecule has 4 nitrogen and oxygen atoms in total. The summed E-state index contributed by atoms with van der Waals surface area (Å²) in [6.07, 6.45) is 6.42. The number of halogens is 1. The standard InChI is InChI=1S/C17H22ClNO3/c1-3-10-22-17-14(18)11-13(12-15(17)21-2)6-7-16(20)19-8-4-5-9-19/h6-7,11-12H,3-5,8-10H2,1-2H3/b7-6+. The predicted molar refractivity (Wildman–Crippen MR) is 88.6 cm³/mol. The Morgan fingerprint density at radius 2 is 2.09 bits per heavy atom. The minimum atomic E-state index is 0.0406. The highest BCUT2D eigenvalue weighted by molar-refractivity contribution is 6.32. The Morgan fingerprint density at radius 3 is 2.73 bits per heavy atom. The van der Waals surface area contributed by atoms with E-state index in [1.807, 2.05) is 17.9 Å². The average molecular weight is 324 g/mol. The number of methoxy groups -OCH3 is 1. The van der Waals surface area contributed by atoms with Crippen LogP contribution in [0.1, 0.15) is 31.7 Å². The lowest BCUT2D eigenvalue weighted by atomic mass is 10.2. The van der Waals surface area contributed by atoms with E-state index in [9.17, 15) is 4.79 Å². The molecule has 1 aliphatic heterocycles. The first-order valence-corrected chi connectivity index (χ1v) is 8.00. The van der Waals surface area contributed by atoms with Crippen LogP contribution in [-0.4, -0.2) is 37.6 Å². The van der Waals surface area contributed by atoms with Crippen molar-refractivity contribution in [3.63, 3.8) is 0 Å². The highest BCUT2D eigenvalue weighted by Gasteiger charge is 2.15. The van der Waals surface area contributed by atoms with Crippen molar-refractivity contribution < 1.29 is 14.3 Å². The molecule has 5 heteroatoms. The van der Waals surface area contributed by atoms with E-state index in [1.54, 1.807) is 25.3 Å². The first-order valence-electron chi connectivity index (χ1n) is 7.63. The molecular weight excluding hydrogens is 302 g/mol. The van der Waals surface area contributed by atoms with E-state index in [4.69, 9.17) is 21.1 Å². The maximum atomic E-state index is 12.0. The summed E-state index contributed by atoms with van der Waals surface area (Å²) in [5.41, 5.74) is 0.818. The zero-order valence-corrected chi connectivity index (χ0v) is 13.9. The summed E-state index contributed by atoms with van der Waals surface area (Å²) in [7, 11) is 1.58. The van der Waals surface area contributed by atoms with E-state index < -0.39 is 0 Å². The number of amides is 1. The van der Waals surface area contributed by atoms with Crippen LogP contribution in [0.15, 0.2) is 18.2 Å². The van der Waals surface area contributed by atoms with Crippen molar-refractivity contribution in [2.24, 2.45) is 0 Å². The Labute approximate surface area is 136 Å². The molecule has 0 aromatic heterocycles. The highest BCUT2D eigenvalue weighted by atomic mass is 35.5. The number of carbonyl (C=O) groups excluding carboxylic acids is 1. The Hall–Kier alpha value is -1.68. The maximum absolute atomic E-state index is 12.0. The molecule has 0 bridgehead atoms. The van der Waals surface area contributed by atoms with Gasteiger partial charge in [-0.05, 0) is 43.0 Å². The smallest absolute Gasteiger partial charge is 0.246 e. The number of carbonyl (C=O) groups is 1. The molecule has 1 saturated heterocycles. The zero-order chi connectivity index (χ0) is 15.9. The van der Waals surface area contributed by atoms with Gasteiger partial charge >= 0.3 is 0 Å². The lowest BCUT2D eigenvalue weighted by molar-refractivity contribution is -0.124. The fourth-order valence-electron chi connectivity index (χ4n) is 2.39. The van der Waals surface area contributed by atoms with Crippen molar-refractivity contribution in [3.05, 3.63) is 28.8 Å². The molecule has 1 heterocycles. The topological polar surface area (TPSA) is 38.8 Å². The summed E-state index contributed by atoms with van der Waals surface area (Å²) in [5, 5.41) is 0.487. The SMILES string of the molecule is CCCOc1c(Cl)cc(/C=C/C(=O)N2CCCC2)cc1OC. The zero-order valence-electron chi connectivity index (χ0n) is 13.1. The number of ether oxygens (including phenoxy) is 2. The third-order valence-corrected chi connectivity index (χ3v) is 3.82. The van der Waals surface area contributed by atoms with Gasteiger partial charge in [-0.1, -0.05) is 18.5 Å². The average Bonchev–Trinajstić information content (AvgIpc) is 3.05. The van der Waals surface area contributed by atoms with Crippen molar-refractivity contribution in [1.82, 2.24) is 4.90 Å². The Kier molecular flexibility index (Phi) is 6.13. The lowest BCUT2D eigenvalue weighted by Crippen LogP contribution is -2.25. The second kappa shape index (κ2) is 8.08. The molecule has 0 unspecified atom stereocenters. The minimum absolute atomic E-state index is 0.0406. The largest absolute Gasteiger partial charge is 0.493 e. The number of benzene rings is 1. The third kappa shape index (κ3) is 4.17. The van der Waals surface area contributed by atoms with Crippen LogP contribution in [-0.2, 0) is 4.79 Å². The molecule has 0 spiro atoms. The van der Waals surface area contributed by atoms with Crippen LogP contribution in [0.4, 0.5) is 0 Å². The van der Waals surface area contributed by atoms with Gasteiger partial charge < -0.3 is 14.4 Å². The predicted octanol–water partition coefficient (Wildman–Crippen LogP) is 3.77. The number of likely N-dealkylation sites (tertiary alicyclic amines) is 1. The van der Waals surface area contributed by atoms with Crippen LogP contribution in [0.25, 0.3) is 6.08 Å². The second-order valence-electron chi connectivity index (χ2n) is 5.25. The molecule has 0 N–H and O–H groups in total. The van der Waals surface area contributed by atoms with Gasteiger partial charge in [-0.15, -0.1) is 0 Å². The van der Waals surface area contributed by atoms with Gasteiger partial charge in [0.25, 0.3) is 0 Å². The third-order valence-electron chi connectivity index (χ3n) is 3.54. The van der Waals surface area contributed by atoms with Gasteiger partial charge in [0.05, 0.1) is 18.7 Å². The number of nitrogens with zero attached hydrogens (tertiary/aromatic N) is 1. The van der Waals surface area contributed by atoms with Crippen LogP contribution in [0.3, 0.4) is 0 Å². The van der Waals surface area contributed by atoms with E-state index in [-0.39, 0.29) is 5.91 Å². The van der Waals surface area contributed by atoms with E-state index in [2.05, 4.69) is 0 Å². The summed E-state index contributed by atoms with van der Waals surface area (Å²) in [6, 6.07) is 3.60. The molecule has 1 aliphatic rings. The summed E-state index contributed by atoms with van der Waals surface area (Å²) < 4.78 is 10.9. The van der Waals surface area contributed by atoms with E-state index in [1.165, 1.54) is 0 Å². The van der Waals surface area contributed by atoms with E-state index in [0.717, 1.165) is 37.9 Å². The van der Waals surface area contributed by atoms with Gasteiger partial charge in [0, 0.05) is 19.2 Å². The first-order chi connectivity index (χ1) is 10.7. The summed E-state index contributed by atoms with van der Waals surface area (Å²) in [6.45, 7) is 4.30. The van der Waals surface area contributed by atoms with E-state index in [0.29, 0.717) is 23.1 Å². The molecule has 120 valence electrons. The second-order valence-corrected chi connectivity index (χ2v) is 5.66. The van der Waals surface area contributed by atoms with Crippen LogP contribution >= 0.6 is 11.6 Å². The molecule has 22 heavy (non-hydrogen) atoms. The first kappa shape index (κ1) is 16.7. The van der Waals surface area contributed by atoms with Crippen molar-refractivity contribution in [3.8, 4) is 11.5 Å². The fraction of sp³-hybridized carbons (Fsp3) is 0.471. The highest BCUT2D eigenvalue weighted by Crippen LogP contribution is 2.36. The molecule has 1 fully saturated rings. The van der Waals surface area contributed by atoms with Crippen LogP contribution in [0.5, 0.6) is 11.5 Å². The monoisotopic (exact) mass is 323 g/mol. The molecule has 0 aliphatic carbocycles. The lowest BCUT2D eigenvalue weighted by Gasteiger charge is -2.13. The normalized spacial score (nSPS) is 14.6. The fourth-order valence-corrected chi connectivity index (χ4v) is 2.66. The molecular formula is C17H22ClNO3. The number of hydrogen-bond acceptors (Lipinski definition) is 3. The van der Waals surface area contributed by atoms with Crippen molar-refractivity contribution in [2.75, 3.05) is 26.8 Å². The minimum Gasteiger partial charge on any atom is -0.493 e. The van der Waals surface area contributed by atoms with Crippen LogP contribution in [0.2, 0.25) is 5.02 Å². The van der Waals surface area contributed by atoms with Gasteiger partial charge in [-0.25, -0.2) is 0 Å². The van der Waals surface area contributed by atoms with Crippen LogP contribution < -0.4 is 9.47 Å². The molecule has 0 radical (unpaired) electrons. The Balaban J connectivity index is 2.14. The van der Waals surface area contributed by atoms with E-state index >= 15 is 0 Å².